The van der Waals surface area contributed by atoms with Crippen molar-refractivity contribution in [2.24, 2.45) is 0 Å². The van der Waals surface area contributed by atoms with Gasteiger partial charge in [0.25, 0.3) is 0 Å². The van der Waals surface area contributed by atoms with Crippen molar-refractivity contribution in [3.8, 4) is 5.75 Å². The quantitative estimate of drug-likeness (QED) is 0.914. The largest absolute Gasteiger partial charge is 0.497 e. The number of methoxy groups -OCH3 is 1. The fraction of sp³-hybridized carbons (Fsp3) is 0.133. The summed E-state index contributed by atoms with van der Waals surface area (Å²) in [5, 5.41) is 9.05. The molecule has 2 aromatic carbocycles. The van der Waals surface area contributed by atoms with E-state index in [9.17, 15) is 13.2 Å². The van der Waals surface area contributed by atoms with Gasteiger partial charge in [0.2, 0.25) is 10.0 Å². The van der Waals surface area contributed by atoms with Crippen LogP contribution in [-0.2, 0) is 10.0 Å². The Bertz CT molecular complexity index is 784. The number of carboxylic acids is 1. The lowest BCUT2D eigenvalue weighted by molar-refractivity contribution is 0.0697. The molecule has 7 heteroatoms. The Labute approximate surface area is 128 Å². The van der Waals surface area contributed by atoms with Crippen LogP contribution >= 0.6 is 0 Å². The molecule has 116 valence electrons. The smallest absolute Gasteiger partial charge is 0.335 e. The molecule has 0 saturated heterocycles. The molecule has 2 aromatic rings. The zero-order valence-corrected chi connectivity index (χ0v) is 12.9. The zero-order chi connectivity index (χ0) is 16.3. The Morgan fingerprint density at radius 1 is 1.09 bits per heavy atom. The monoisotopic (exact) mass is 321 g/mol. The normalized spacial score (nSPS) is 11.0. The molecule has 0 aliphatic carbocycles. The first kappa shape index (κ1) is 15.8. The lowest BCUT2D eigenvalue weighted by atomic mass is 10.2. The van der Waals surface area contributed by atoms with Crippen LogP contribution in [0.15, 0.2) is 48.5 Å². The standard InChI is InChI=1S/C15H15NO5S/c1-21-14-8-6-12(7-9-14)16(22(2,19)20)13-5-3-4-11(10-13)15(17)18/h3-10H,1-2H3,(H,17,18). The minimum atomic E-state index is -3.63. The fourth-order valence-electron chi connectivity index (χ4n) is 2.01. The third-order valence-electron chi connectivity index (χ3n) is 2.97. The topological polar surface area (TPSA) is 83.9 Å². The third kappa shape index (κ3) is 3.37. The maximum atomic E-state index is 12.1. The first-order valence-corrected chi connectivity index (χ1v) is 8.15. The van der Waals surface area contributed by atoms with Gasteiger partial charge in [-0.05, 0) is 42.5 Å². The SMILES string of the molecule is COc1ccc(N(c2cccc(C(=O)O)c2)S(C)(=O)=O)cc1. The van der Waals surface area contributed by atoms with Gasteiger partial charge >= 0.3 is 5.97 Å². The van der Waals surface area contributed by atoms with Gasteiger partial charge in [-0.3, -0.25) is 0 Å². The number of hydrogen-bond acceptors (Lipinski definition) is 4. The van der Waals surface area contributed by atoms with E-state index in [1.165, 1.54) is 31.4 Å². The van der Waals surface area contributed by atoms with E-state index in [1.54, 1.807) is 24.3 Å². The molecule has 0 spiro atoms. The number of benzene rings is 2. The molecule has 0 radical (unpaired) electrons. The van der Waals surface area contributed by atoms with E-state index in [-0.39, 0.29) is 11.3 Å². The predicted molar refractivity (Wildman–Crippen MR) is 83.4 cm³/mol. The number of hydrogen-bond donors (Lipinski definition) is 1. The lowest BCUT2D eigenvalue weighted by Gasteiger charge is -2.23. The minimum absolute atomic E-state index is 0.0136. The first-order chi connectivity index (χ1) is 10.3. The van der Waals surface area contributed by atoms with Gasteiger partial charge in [-0.25, -0.2) is 17.5 Å². The van der Waals surface area contributed by atoms with Crippen LogP contribution in [0.25, 0.3) is 0 Å². The van der Waals surface area contributed by atoms with Crippen LogP contribution in [0.5, 0.6) is 5.75 Å². The number of ether oxygens (including phenoxy) is 1. The first-order valence-electron chi connectivity index (χ1n) is 6.30. The zero-order valence-electron chi connectivity index (χ0n) is 12.1. The third-order valence-corrected chi connectivity index (χ3v) is 4.05. The average Bonchev–Trinajstić information content (AvgIpc) is 2.47. The second kappa shape index (κ2) is 6.07. The molecule has 0 aliphatic rings. The summed E-state index contributed by atoms with van der Waals surface area (Å²) in [6.07, 6.45) is 1.06. The number of nitrogens with zero attached hydrogens (tertiary/aromatic N) is 1. The van der Waals surface area contributed by atoms with Crippen molar-refractivity contribution < 1.29 is 23.1 Å². The molecular weight excluding hydrogens is 306 g/mol. The van der Waals surface area contributed by atoms with Gasteiger partial charge in [0.1, 0.15) is 5.75 Å². The molecule has 0 unspecified atom stereocenters. The van der Waals surface area contributed by atoms with Crippen molar-refractivity contribution in [3.05, 3.63) is 54.1 Å². The number of sulfonamides is 1. The van der Waals surface area contributed by atoms with Crippen LogP contribution in [0.3, 0.4) is 0 Å². The summed E-state index contributed by atoms with van der Waals surface area (Å²) in [6.45, 7) is 0. The Morgan fingerprint density at radius 2 is 1.73 bits per heavy atom. The highest BCUT2D eigenvalue weighted by Gasteiger charge is 2.20. The maximum absolute atomic E-state index is 12.1. The van der Waals surface area contributed by atoms with Gasteiger partial charge in [-0.15, -0.1) is 0 Å². The van der Waals surface area contributed by atoms with E-state index in [4.69, 9.17) is 9.84 Å². The summed E-state index contributed by atoms with van der Waals surface area (Å²) in [5.74, 6) is -0.526. The van der Waals surface area contributed by atoms with Gasteiger partial charge in [0, 0.05) is 0 Å². The Kier molecular flexibility index (Phi) is 4.37. The average molecular weight is 321 g/mol. The van der Waals surface area contributed by atoms with Crippen LogP contribution in [-0.4, -0.2) is 32.9 Å². The number of aromatic carboxylic acids is 1. The Hall–Kier alpha value is -2.54. The van der Waals surface area contributed by atoms with E-state index >= 15 is 0 Å². The van der Waals surface area contributed by atoms with Gasteiger partial charge in [-0.2, -0.15) is 0 Å². The highest BCUT2D eigenvalue weighted by Crippen LogP contribution is 2.30. The molecule has 0 heterocycles. The number of carbonyl (C=O) groups is 1. The van der Waals surface area contributed by atoms with Crippen molar-refractivity contribution in [3.63, 3.8) is 0 Å². The van der Waals surface area contributed by atoms with Crippen LogP contribution in [0.4, 0.5) is 11.4 Å². The molecule has 22 heavy (non-hydrogen) atoms. The van der Waals surface area contributed by atoms with E-state index in [2.05, 4.69) is 0 Å². The molecule has 0 fully saturated rings. The molecular formula is C15H15NO5S. The second-order valence-corrected chi connectivity index (χ2v) is 6.41. The van der Waals surface area contributed by atoms with E-state index in [0.29, 0.717) is 11.4 Å². The number of anilines is 2. The van der Waals surface area contributed by atoms with Crippen LogP contribution in [0.2, 0.25) is 0 Å². The summed E-state index contributed by atoms with van der Waals surface area (Å²) in [5.41, 5.74) is 0.665. The predicted octanol–water partition coefficient (Wildman–Crippen LogP) is 2.49. The number of carboxylic acid groups (broad SMARTS) is 1. The second-order valence-electron chi connectivity index (χ2n) is 4.58. The van der Waals surface area contributed by atoms with Crippen molar-refractivity contribution >= 4 is 27.4 Å². The Morgan fingerprint density at radius 3 is 2.23 bits per heavy atom. The summed E-state index contributed by atoms with van der Waals surface area (Å²) in [6, 6.07) is 12.2. The Balaban J connectivity index is 2.55. The van der Waals surface area contributed by atoms with Gasteiger partial charge in [-0.1, -0.05) is 6.07 Å². The maximum Gasteiger partial charge on any atom is 0.335 e. The molecule has 0 saturated carbocycles. The molecule has 0 aromatic heterocycles. The lowest BCUT2D eigenvalue weighted by Crippen LogP contribution is -2.24. The molecule has 0 amide bonds. The highest BCUT2D eigenvalue weighted by molar-refractivity contribution is 7.92. The van der Waals surface area contributed by atoms with Gasteiger partial charge in [0.15, 0.2) is 0 Å². The van der Waals surface area contributed by atoms with Crippen LogP contribution in [0, 0.1) is 0 Å². The van der Waals surface area contributed by atoms with Crippen molar-refractivity contribution in [2.45, 2.75) is 0 Å². The van der Waals surface area contributed by atoms with Crippen molar-refractivity contribution in [1.82, 2.24) is 0 Å². The van der Waals surface area contributed by atoms with Crippen molar-refractivity contribution in [2.75, 3.05) is 17.7 Å². The molecule has 0 atom stereocenters. The summed E-state index contributed by atoms with van der Waals surface area (Å²) in [7, 11) is -2.12. The fourth-order valence-corrected chi connectivity index (χ4v) is 3.02. The van der Waals surface area contributed by atoms with E-state index < -0.39 is 16.0 Å². The van der Waals surface area contributed by atoms with Crippen molar-refractivity contribution in [1.29, 1.82) is 0 Å². The molecule has 0 aliphatic heterocycles. The molecule has 0 bridgehead atoms. The summed E-state index contributed by atoms with van der Waals surface area (Å²) < 4.78 is 30.4. The molecule has 2 rings (SSSR count). The van der Waals surface area contributed by atoms with E-state index in [1.807, 2.05) is 0 Å². The summed E-state index contributed by atoms with van der Waals surface area (Å²) >= 11 is 0. The summed E-state index contributed by atoms with van der Waals surface area (Å²) in [4.78, 5) is 11.1. The highest BCUT2D eigenvalue weighted by atomic mass is 32.2. The van der Waals surface area contributed by atoms with Gasteiger partial charge < -0.3 is 9.84 Å². The van der Waals surface area contributed by atoms with Gasteiger partial charge in [0.05, 0.1) is 30.3 Å². The van der Waals surface area contributed by atoms with E-state index in [0.717, 1.165) is 10.6 Å². The molecule has 1 N–H and O–H groups in total. The number of rotatable bonds is 5. The molecule has 6 nitrogen and oxygen atoms in total. The van der Waals surface area contributed by atoms with Crippen LogP contribution in [0.1, 0.15) is 10.4 Å². The van der Waals surface area contributed by atoms with Crippen LogP contribution < -0.4 is 9.04 Å². The minimum Gasteiger partial charge on any atom is -0.497 e.